The SMILES string of the molecule is COCCOc1ccccc1[Se+](c1ccccc1)c1ccccc1OCCOC.Fc1c(F)c(F)c([B-](c2c(F)c(F)c(F)c(F)c2F)(c2c(F)c(F)c(F)c(F)c2F)c2c(F)c(F)c(F)c(F)c2F)c(F)c1F. The first-order chi connectivity index (χ1) is 35.0. The molecule has 4 nitrogen and oxygen atoms in total. The molecule has 0 aliphatic carbocycles. The first-order valence-corrected chi connectivity index (χ1v) is 23.1. The molecule has 0 radical (unpaired) electrons. The predicted octanol–water partition coefficient (Wildman–Crippen LogP) is 8.10. The van der Waals surface area contributed by atoms with Crippen molar-refractivity contribution in [3.05, 3.63) is 195 Å². The van der Waals surface area contributed by atoms with Crippen molar-refractivity contribution in [3.8, 4) is 11.5 Å². The van der Waals surface area contributed by atoms with Crippen LogP contribution in [0.5, 0.6) is 11.5 Å². The molecule has 0 spiro atoms. The molecule has 7 aromatic rings. The molecule has 7 rings (SSSR count). The summed E-state index contributed by atoms with van der Waals surface area (Å²) in [6.07, 6.45) is -7.22. The van der Waals surface area contributed by atoms with Crippen LogP contribution in [-0.2, 0) is 9.47 Å². The third-order valence-corrected chi connectivity index (χ3v) is 15.7. The van der Waals surface area contributed by atoms with Crippen molar-refractivity contribution < 1.29 is 107 Å². The zero-order chi connectivity index (χ0) is 54.7. The van der Waals surface area contributed by atoms with Crippen LogP contribution in [0.3, 0.4) is 0 Å². The third-order valence-electron chi connectivity index (χ3n) is 10.9. The standard InChI is InChI=1S/C24BF20.C24H27O4Se/c26-5-1(6(27)14(35)21(42)13(5)34)25(2-7(28)15(36)22(43)16(37)8(2)29,3-9(30)17(38)23(44)18(39)10(3)31)4-11(32)19(40)24(45)20(41)12(4)33;1-25-16-18-27-21-12-6-8-14-23(21)29(20-10-4-3-5-11-20)24-15-9-7-13-22(24)28-19-17-26-2/h;3-15H,16-19H2,1-2H3/q-1;+1. The molecule has 26 heteroatoms. The predicted molar refractivity (Wildman–Crippen MR) is 228 cm³/mol. The monoisotopic (exact) mass is 1140 g/mol. The van der Waals surface area contributed by atoms with Gasteiger partial charge in [-0.2, -0.15) is 0 Å². The summed E-state index contributed by atoms with van der Waals surface area (Å²) in [5.41, 5.74) is -14.3. The molecule has 0 amide bonds. The molecule has 392 valence electrons. The molecule has 0 heterocycles. The second-order valence-corrected chi connectivity index (χ2v) is 19.1. The maximum atomic E-state index is 15.4. The number of hydrogen-bond donors (Lipinski definition) is 0. The summed E-state index contributed by atoms with van der Waals surface area (Å²) in [7, 11) is 3.37. The van der Waals surface area contributed by atoms with Gasteiger partial charge < -0.3 is 0 Å². The van der Waals surface area contributed by atoms with Crippen molar-refractivity contribution >= 4 is 55.3 Å². The van der Waals surface area contributed by atoms with E-state index in [0.29, 0.717) is 26.4 Å². The van der Waals surface area contributed by atoms with Crippen LogP contribution in [0.25, 0.3) is 0 Å². The molecule has 74 heavy (non-hydrogen) atoms. The number of methoxy groups -OCH3 is 2. The Labute approximate surface area is 408 Å². The minimum Gasteiger partial charge on any atom is -0.207 e. The maximum Gasteiger partial charge on any atom is 0.200 e. The molecule has 0 unspecified atom stereocenters. The van der Waals surface area contributed by atoms with Gasteiger partial charge in [-0.3, -0.25) is 0 Å². The van der Waals surface area contributed by atoms with Crippen LogP contribution < -0.4 is 44.7 Å². The van der Waals surface area contributed by atoms with E-state index in [1.54, 1.807) is 14.2 Å². The van der Waals surface area contributed by atoms with E-state index in [-0.39, 0.29) is 0 Å². The Morgan fingerprint density at radius 2 is 0.527 bits per heavy atom. The smallest absolute Gasteiger partial charge is 0.200 e. The fourth-order valence-electron chi connectivity index (χ4n) is 7.75. The van der Waals surface area contributed by atoms with Crippen LogP contribution >= 0.6 is 0 Å². The minimum atomic E-state index is -7.22. The van der Waals surface area contributed by atoms with Crippen molar-refractivity contribution in [2.24, 2.45) is 0 Å². The number of rotatable bonds is 15. The Hall–Kier alpha value is -6.76. The molecule has 0 atom stereocenters. The number of halogens is 20. The zero-order valence-corrected chi connectivity index (χ0v) is 38.7. The van der Waals surface area contributed by atoms with Crippen LogP contribution in [0.2, 0.25) is 0 Å². The van der Waals surface area contributed by atoms with Crippen molar-refractivity contribution in [3.63, 3.8) is 0 Å². The van der Waals surface area contributed by atoms with E-state index in [4.69, 9.17) is 18.9 Å². The van der Waals surface area contributed by atoms with Gasteiger partial charge >= 0.3 is 177 Å². The Bertz CT molecular complexity index is 2810. The summed E-state index contributed by atoms with van der Waals surface area (Å²) in [5, 5.41) is 0. The number of benzene rings is 7. The van der Waals surface area contributed by atoms with Crippen molar-refractivity contribution in [2.45, 2.75) is 0 Å². The Balaban J connectivity index is 0.000000265. The van der Waals surface area contributed by atoms with E-state index < -0.39 is 158 Å². The molecule has 0 bridgehead atoms. The van der Waals surface area contributed by atoms with Crippen LogP contribution in [0.15, 0.2) is 78.9 Å². The topological polar surface area (TPSA) is 36.9 Å². The molecular formula is C48H27BF20O4Se. The number of para-hydroxylation sites is 2. The molecule has 0 aromatic heterocycles. The van der Waals surface area contributed by atoms with Gasteiger partial charge in [0.05, 0.1) is 0 Å². The fraction of sp³-hybridized carbons (Fsp3) is 0.125. The zero-order valence-electron chi connectivity index (χ0n) is 37.0. The largest absolute Gasteiger partial charge is 0.207 e. The summed E-state index contributed by atoms with van der Waals surface area (Å²) in [6.45, 7) is 2.16. The summed E-state index contributed by atoms with van der Waals surface area (Å²) in [4.78, 5) is 0. The molecule has 0 saturated heterocycles. The van der Waals surface area contributed by atoms with Gasteiger partial charge in [0.1, 0.15) is 52.7 Å². The molecule has 7 aromatic carbocycles. The molecule has 0 aliphatic rings. The molecule has 0 aliphatic heterocycles. The van der Waals surface area contributed by atoms with Gasteiger partial charge in [-0.15, -0.1) is 21.9 Å². The minimum absolute atomic E-state index is 0.521. The molecule has 0 N–H and O–H groups in total. The Morgan fingerprint density at radius 3 is 0.784 bits per heavy atom. The Morgan fingerprint density at radius 1 is 0.297 bits per heavy atom. The fourth-order valence-corrected chi connectivity index (χ4v) is 12.5. The van der Waals surface area contributed by atoms with Crippen LogP contribution in [-0.4, -0.2) is 60.7 Å². The second-order valence-electron chi connectivity index (χ2n) is 15.0. The van der Waals surface area contributed by atoms with Crippen molar-refractivity contribution in [2.75, 3.05) is 40.6 Å². The van der Waals surface area contributed by atoms with Gasteiger partial charge in [0.2, 0.25) is 0 Å². The van der Waals surface area contributed by atoms with Crippen LogP contribution in [0.1, 0.15) is 0 Å². The van der Waals surface area contributed by atoms with E-state index in [9.17, 15) is 52.7 Å². The number of ether oxygens (including phenoxy) is 4. The average Bonchev–Trinajstić information content (AvgIpc) is 3.40. The van der Waals surface area contributed by atoms with Gasteiger partial charge in [0, 0.05) is 0 Å². The number of hydrogen-bond acceptors (Lipinski definition) is 4. The summed E-state index contributed by atoms with van der Waals surface area (Å²) < 4.78 is 320. The maximum absolute atomic E-state index is 15.4. The van der Waals surface area contributed by atoms with Gasteiger partial charge in [-0.1, -0.05) is 0 Å². The molecular weight excluding hydrogens is 1110 g/mol. The van der Waals surface area contributed by atoms with E-state index in [0.717, 1.165) is 11.5 Å². The second kappa shape index (κ2) is 23.2. The van der Waals surface area contributed by atoms with Gasteiger partial charge in [-0.25, -0.2) is 87.8 Å². The first kappa shape index (κ1) is 56.5. The molecule has 0 fully saturated rings. The Kier molecular flexibility index (Phi) is 17.7. The van der Waals surface area contributed by atoms with Crippen molar-refractivity contribution in [1.82, 2.24) is 0 Å². The average molecular weight is 1140 g/mol. The van der Waals surface area contributed by atoms with Gasteiger partial charge in [0.25, 0.3) is 0 Å². The third kappa shape index (κ3) is 9.86. The van der Waals surface area contributed by atoms with Crippen LogP contribution in [0, 0.1) is 116 Å². The summed E-state index contributed by atoms with van der Waals surface area (Å²) in [5.74, 6) is -69.6. The van der Waals surface area contributed by atoms with E-state index in [1.807, 2.05) is 24.3 Å². The quantitative estimate of drug-likeness (QED) is 0.0343. The summed E-state index contributed by atoms with van der Waals surface area (Å²) >= 11 is -1.64. The first-order valence-electron chi connectivity index (χ1n) is 20.5. The summed E-state index contributed by atoms with van der Waals surface area (Å²) in [6, 6.07) is 27.2. The molecule has 0 saturated carbocycles. The van der Waals surface area contributed by atoms with Gasteiger partial charge in [0.15, 0.2) is 69.8 Å². The normalized spacial score (nSPS) is 11.6. The van der Waals surface area contributed by atoms with E-state index >= 15 is 35.1 Å². The van der Waals surface area contributed by atoms with E-state index in [1.165, 1.54) is 13.4 Å². The van der Waals surface area contributed by atoms with E-state index in [2.05, 4.69) is 54.6 Å². The van der Waals surface area contributed by atoms with Crippen molar-refractivity contribution in [1.29, 1.82) is 0 Å². The van der Waals surface area contributed by atoms with Crippen LogP contribution in [0.4, 0.5) is 87.8 Å². The van der Waals surface area contributed by atoms with Gasteiger partial charge in [-0.05, 0) is 0 Å².